The molecule has 0 saturated heterocycles. The van der Waals surface area contributed by atoms with Gasteiger partial charge in [-0.05, 0) is 42.9 Å². The topological polar surface area (TPSA) is 58.2 Å². The number of amides is 2. The second-order valence-corrected chi connectivity index (χ2v) is 7.86. The van der Waals surface area contributed by atoms with Crippen LogP contribution in [-0.4, -0.2) is 29.8 Å². The molecular weight excluding hydrogens is 355 g/mol. The zero-order chi connectivity index (χ0) is 18.6. The maximum Gasteiger partial charge on any atom is 0.235 e. The SMILES string of the molecule is O=C(CCl)NC1(CNC(=O)[C@@H]2C[C@H]2c2ccc(F)cc2)CCCCCC1. The number of hydrogen-bond acceptors (Lipinski definition) is 2. The van der Waals surface area contributed by atoms with Gasteiger partial charge in [-0.25, -0.2) is 4.39 Å². The van der Waals surface area contributed by atoms with E-state index < -0.39 is 5.54 Å². The highest BCUT2D eigenvalue weighted by molar-refractivity contribution is 6.27. The number of nitrogens with one attached hydrogen (secondary N) is 2. The van der Waals surface area contributed by atoms with Crippen molar-refractivity contribution in [2.45, 2.75) is 56.4 Å². The van der Waals surface area contributed by atoms with Gasteiger partial charge in [0.1, 0.15) is 11.7 Å². The van der Waals surface area contributed by atoms with Crippen LogP contribution in [0.5, 0.6) is 0 Å². The van der Waals surface area contributed by atoms with Crippen LogP contribution in [0, 0.1) is 11.7 Å². The third kappa shape index (κ3) is 4.76. The van der Waals surface area contributed by atoms with Crippen molar-refractivity contribution >= 4 is 23.4 Å². The summed E-state index contributed by atoms with van der Waals surface area (Å²) in [5, 5.41) is 6.11. The van der Waals surface area contributed by atoms with Gasteiger partial charge in [-0.3, -0.25) is 9.59 Å². The molecule has 0 aliphatic heterocycles. The lowest BCUT2D eigenvalue weighted by Gasteiger charge is -2.34. The van der Waals surface area contributed by atoms with Crippen molar-refractivity contribution in [2.24, 2.45) is 5.92 Å². The molecule has 0 bridgehead atoms. The minimum absolute atomic E-state index is 0.0167. The van der Waals surface area contributed by atoms with E-state index in [4.69, 9.17) is 11.6 Å². The van der Waals surface area contributed by atoms with Crippen molar-refractivity contribution in [2.75, 3.05) is 12.4 Å². The van der Waals surface area contributed by atoms with Gasteiger partial charge >= 0.3 is 0 Å². The Balaban J connectivity index is 1.57. The first kappa shape index (κ1) is 19.2. The first-order valence-corrected chi connectivity index (χ1v) is 9.97. The van der Waals surface area contributed by atoms with E-state index in [1.807, 2.05) is 0 Å². The van der Waals surface area contributed by atoms with Gasteiger partial charge in [-0.15, -0.1) is 11.6 Å². The average Bonchev–Trinajstić information content (AvgIpc) is 3.45. The van der Waals surface area contributed by atoms with Crippen LogP contribution in [0.15, 0.2) is 24.3 Å². The van der Waals surface area contributed by atoms with Gasteiger partial charge in [0.05, 0.1) is 5.54 Å². The Labute approximate surface area is 158 Å². The summed E-state index contributed by atoms with van der Waals surface area (Å²) in [7, 11) is 0. The molecule has 6 heteroatoms. The quantitative estimate of drug-likeness (QED) is 0.586. The van der Waals surface area contributed by atoms with Gasteiger partial charge in [0, 0.05) is 12.5 Å². The fourth-order valence-electron chi connectivity index (χ4n) is 4.03. The number of hydrogen-bond donors (Lipinski definition) is 2. The number of alkyl halides is 1. The lowest BCUT2D eigenvalue weighted by molar-refractivity contribution is -0.124. The smallest absolute Gasteiger partial charge is 0.235 e. The fourth-order valence-corrected chi connectivity index (χ4v) is 4.10. The van der Waals surface area contributed by atoms with E-state index >= 15 is 0 Å². The highest BCUT2D eigenvalue weighted by Crippen LogP contribution is 2.47. The first-order chi connectivity index (χ1) is 12.5. The fraction of sp³-hybridized carbons (Fsp3) is 0.600. The van der Waals surface area contributed by atoms with Gasteiger partial charge in [-0.1, -0.05) is 37.8 Å². The zero-order valence-corrected chi connectivity index (χ0v) is 15.7. The largest absolute Gasteiger partial charge is 0.353 e. The Morgan fingerprint density at radius 1 is 1.12 bits per heavy atom. The second kappa shape index (κ2) is 8.38. The van der Waals surface area contributed by atoms with Gasteiger partial charge in [0.25, 0.3) is 0 Å². The van der Waals surface area contributed by atoms with E-state index in [2.05, 4.69) is 10.6 Å². The molecule has 2 saturated carbocycles. The van der Waals surface area contributed by atoms with Crippen LogP contribution in [0.2, 0.25) is 0 Å². The lowest BCUT2D eigenvalue weighted by Crippen LogP contribution is -2.56. The Hall–Kier alpha value is -1.62. The Morgan fingerprint density at radius 2 is 1.77 bits per heavy atom. The summed E-state index contributed by atoms with van der Waals surface area (Å²) >= 11 is 5.67. The predicted octanol–water partition coefficient (Wildman–Crippen LogP) is 3.49. The monoisotopic (exact) mass is 380 g/mol. The van der Waals surface area contributed by atoms with Crippen LogP contribution in [0.4, 0.5) is 4.39 Å². The molecule has 2 aliphatic rings. The molecule has 26 heavy (non-hydrogen) atoms. The maximum absolute atomic E-state index is 13.0. The average molecular weight is 381 g/mol. The summed E-state index contributed by atoms with van der Waals surface area (Å²) in [5.41, 5.74) is 0.615. The summed E-state index contributed by atoms with van der Waals surface area (Å²) < 4.78 is 13.0. The Bertz CT molecular complexity index is 642. The normalized spacial score (nSPS) is 24.4. The van der Waals surface area contributed by atoms with Crippen molar-refractivity contribution in [1.29, 1.82) is 0 Å². The molecule has 2 atom stereocenters. The molecule has 2 fully saturated rings. The molecular formula is C20H26ClFN2O2. The zero-order valence-electron chi connectivity index (χ0n) is 14.9. The van der Waals surface area contributed by atoms with Crippen molar-refractivity contribution in [3.63, 3.8) is 0 Å². The van der Waals surface area contributed by atoms with Crippen LogP contribution in [0.25, 0.3) is 0 Å². The molecule has 3 rings (SSSR count). The van der Waals surface area contributed by atoms with Crippen LogP contribution in [0.1, 0.15) is 56.4 Å². The van der Waals surface area contributed by atoms with Crippen LogP contribution >= 0.6 is 11.6 Å². The van der Waals surface area contributed by atoms with Gasteiger partial charge in [0.2, 0.25) is 11.8 Å². The lowest BCUT2D eigenvalue weighted by atomic mass is 9.89. The molecule has 0 heterocycles. The summed E-state index contributed by atoms with van der Waals surface area (Å²) in [5.74, 6) is -0.391. The van der Waals surface area contributed by atoms with E-state index in [1.54, 1.807) is 12.1 Å². The second-order valence-electron chi connectivity index (χ2n) is 7.59. The third-order valence-electron chi connectivity index (χ3n) is 5.61. The van der Waals surface area contributed by atoms with Crippen LogP contribution in [0.3, 0.4) is 0 Å². The molecule has 2 N–H and O–H groups in total. The molecule has 2 amide bonds. The minimum Gasteiger partial charge on any atom is -0.353 e. The first-order valence-electron chi connectivity index (χ1n) is 9.43. The molecule has 0 unspecified atom stereocenters. The minimum atomic E-state index is -0.390. The van der Waals surface area contributed by atoms with E-state index in [-0.39, 0.29) is 35.3 Å². The highest BCUT2D eigenvalue weighted by Gasteiger charge is 2.44. The number of carbonyl (C=O) groups is 2. The predicted molar refractivity (Wildman–Crippen MR) is 99.6 cm³/mol. The van der Waals surface area contributed by atoms with E-state index in [0.29, 0.717) is 6.54 Å². The molecule has 1 aromatic carbocycles. The molecule has 0 aromatic heterocycles. The number of halogens is 2. The van der Waals surface area contributed by atoms with Crippen molar-refractivity contribution in [3.8, 4) is 0 Å². The highest BCUT2D eigenvalue weighted by atomic mass is 35.5. The summed E-state index contributed by atoms with van der Waals surface area (Å²) in [4.78, 5) is 24.4. The molecule has 2 aliphatic carbocycles. The molecule has 142 valence electrons. The molecule has 0 spiro atoms. The molecule has 0 radical (unpaired) electrons. The van der Waals surface area contributed by atoms with Crippen LogP contribution in [-0.2, 0) is 9.59 Å². The summed E-state index contributed by atoms with van der Waals surface area (Å²) in [6.07, 6.45) is 6.91. The van der Waals surface area contributed by atoms with E-state index in [9.17, 15) is 14.0 Å². The standard InChI is InChI=1S/C20H26ClFN2O2/c21-12-18(25)24-20(9-3-1-2-4-10-20)13-23-19(26)17-11-16(17)14-5-7-15(22)8-6-14/h5-8,16-17H,1-4,9-13H2,(H,23,26)(H,24,25)/t16-,17+/m0/s1. The van der Waals surface area contributed by atoms with Crippen molar-refractivity contribution in [3.05, 3.63) is 35.6 Å². The van der Waals surface area contributed by atoms with Crippen molar-refractivity contribution in [1.82, 2.24) is 10.6 Å². The Morgan fingerprint density at radius 3 is 2.38 bits per heavy atom. The number of carbonyl (C=O) groups excluding carboxylic acids is 2. The van der Waals surface area contributed by atoms with Gasteiger partial charge in [0.15, 0.2) is 0 Å². The van der Waals surface area contributed by atoms with Crippen molar-refractivity contribution < 1.29 is 14.0 Å². The number of benzene rings is 1. The summed E-state index contributed by atoms with van der Waals surface area (Å²) in [6, 6.07) is 6.37. The van der Waals surface area contributed by atoms with Gasteiger partial charge in [-0.2, -0.15) is 0 Å². The molecule has 1 aromatic rings. The third-order valence-corrected chi connectivity index (χ3v) is 5.86. The van der Waals surface area contributed by atoms with E-state index in [1.165, 1.54) is 12.1 Å². The number of rotatable bonds is 6. The maximum atomic E-state index is 13.0. The summed E-state index contributed by atoms with van der Waals surface area (Å²) in [6.45, 7) is 0.446. The van der Waals surface area contributed by atoms with Gasteiger partial charge < -0.3 is 10.6 Å². The Kier molecular flexibility index (Phi) is 6.17. The molecule has 4 nitrogen and oxygen atoms in total. The van der Waals surface area contributed by atoms with Crippen LogP contribution < -0.4 is 10.6 Å². The van der Waals surface area contributed by atoms with E-state index in [0.717, 1.165) is 50.5 Å².